The van der Waals surface area contributed by atoms with E-state index in [9.17, 15) is 19.7 Å². The molecule has 0 saturated carbocycles. The highest BCUT2D eigenvalue weighted by Gasteiger charge is 2.28. The molecule has 0 aliphatic carbocycles. The van der Waals surface area contributed by atoms with Crippen LogP contribution in [0.1, 0.15) is 30.1 Å². The van der Waals surface area contributed by atoms with Gasteiger partial charge in [-0.1, -0.05) is 0 Å². The fourth-order valence-corrected chi connectivity index (χ4v) is 2.55. The molecule has 1 aliphatic rings. The fourth-order valence-electron chi connectivity index (χ4n) is 2.55. The maximum atomic E-state index is 12.5. The van der Waals surface area contributed by atoms with E-state index in [4.69, 9.17) is 5.11 Å². The van der Waals surface area contributed by atoms with Gasteiger partial charge < -0.3 is 14.9 Å². The van der Waals surface area contributed by atoms with E-state index in [0.717, 1.165) is 12.8 Å². The van der Waals surface area contributed by atoms with Gasteiger partial charge in [0, 0.05) is 31.9 Å². The van der Waals surface area contributed by atoms with E-state index in [-0.39, 0.29) is 17.2 Å². The summed E-state index contributed by atoms with van der Waals surface area (Å²) in [5.74, 6) is -1.40. The van der Waals surface area contributed by atoms with Crippen molar-refractivity contribution in [3.05, 3.63) is 33.9 Å². The number of aliphatic carboxylic acids is 1. The molecule has 8 nitrogen and oxygen atoms in total. The molecule has 23 heavy (non-hydrogen) atoms. The van der Waals surface area contributed by atoms with Gasteiger partial charge in [0.2, 0.25) is 0 Å². The topological polar surface area (TPSA) is 104 Å². The van der Waals surface area contributed by atoms with Crippen LogP contribution in [-0.2, 0) is 4.79 Å². The first-order chi connectivity index (χ1) is 10.8. The fraction of sp³-hybridized carbons (Fsp3) is 0.467. The Kier molecular flexibility index (Phi) is 4.83. The summed E-state index contributed by atoms with van der Waals surface area (Å²) in [5, 5.41) is 20.3. The number of hydrogen-bond donors (Lipinski definition) is 1. The lowest BCUT2D eigenvalue weighted by Gasteiger charge is -2.24. The van der Waals surface area contributed by atoms with Crippen LogP contribution in [0.5, 0.6) is 0 Å². The minimum Gasteiger partial charge on any atom is -0.480 e. The summed E-state index contributed by atoms with van der Waals surface area (Å²) in [6.07, 6.45) is 1.77. The van der Waals surface area contributed by atoms with Crippen molar-refractivity contribution in [2.75, 3.05) is 25.0 Å². The number of rotatable bonds is 5. The van der Waals surface area contributed by atoms with E-state index in [2.05, 4.69) is 0 Å². The number of nitrogens with zero attached hydrogens (tertiary/aromatic N) is 3. The number of likely N-dealkylation sites (tertiary alicyclic amines) is 1. The standard InChI is InChI=1S/C15H19N3O5/c1-10(15(20)21)16(2)11-5-6-13(18(22)23)12(9-11)14(19)17-7-3-4-8-17/h5-6,9-10H,3-4,7-8H2,1-2H3,(H,20,21). The van der Waals surface area contributed by atoms with Crippen molar-refractivity contribution in [3.63, 3.8) is 0 Å². The smallest absolute Gasteiger partial charge is 0.326 e. The highest BCUT2D eigenvalue weighted by Crippen LogP contribution is 2.27. The zero-order chi connectivity index (χ0) is 17.1. The van der Waals surface area contributed by atoms with Crippen molar-refractivity contribution in [2.45, 2.75) is 25.8 Å². The van der Waals surface area contributed by atoms with E-state index in [0.29, 0.717) is 18.8 Å². The Hall–Kier alpha value is -2.64. The first-order valence-electron chi connectivity index (χ1n) is 7.36. The predicted molar refractivity (Wildman–Crippen MR) is 83.7 cm³/mol. The second-order valence-electron chi connectivity index (χ2n) is 5.58. The molecule has 1 aromatic rings. The van der Waals surface area contributed by atoms with Crippen molar-refractivity contribution >= 4 is 23.3 Å². The summed E-state index contributed by atoms with van der Waals surface area (Å²) in [6.45, 7) is 2.68. The summed E-state index contributed by atoms with van der Waals surface area (Å²) >= 11 is 0. The van der Waals surface area contributed by atoms with Crippen molar-refractivity contribution < 1.29 is 19.6 Å². The van der Waals surface area contributed by atoms with Gasteiger partial charge in [0.05, 0.1) is 4.92 Å². The highest BCUT2D eigenvalue weighted by molar-refractivity contribution is 5.99. The zero-order valence-electron chi connectivity index (χ0n) is 13.1. The first kappa shape index (κ1) is 16.7. The normalized spacial score (nSPS) is 15.3. The molecule has 1 atom stereocenters. The number of carboxylic acid groups (broad SMARTS) is 1. The van der Waals surface area contributed by atoms with Gasteiger partial charge >= 0.3 is 5.97 Å². The van der Waals surface area contributed by atoms with Crippen LogP contribution in [-0.4, -0.2) is 53.0 Å². The summed E-state index contributed by atoms with van der Waals surface area (Å²) in [4.78, 5) is 37.3. The van der Waals surface area contributed by atoms with Gasteiger partial charge in [-0.3, -0.25) is 14.9 Å². The molecule has 1 aliphatic heterocycles. The third-order valence-corrected chi connectivity index (χ3v) is 4.15. The van der Waals surface area contributed by atoms with Gasteiger partial charge in [0.25, 0.3) is 11.6 Å². The van der Waals surface area contributed by atoms with Crippen molar-refractivity contribution in [1.29, 1.82) is 0 Å². The third kappa shape index (κ3) is 3.41. The first-order valence-corrected chi connectivity index (χ1v) is 7.36. The molecule has 8 heteroatoms. The number of benzene rings is 1. The number of nitro groups is 1. The molecule has 1 N–H and O–H groups in total. The van der Waals surface area contributed by atoms with Crippen LogP contribution in [0, 0.1) is 10.1 Å². The minimum absolute atomic E-state index is 0.00108. The molecular weight excluding hydrogens is 302 g/mol. The molecule has 0 bridgehead atoms. The van der Waals surface area contributed by atoms with E-state index >= 15 is 0 Å². The molecule has 1 heterocycles. The van der Waals surface area contributed by atoms with Crippen LogP contribution in [0.4, 0.5) is 11.4 Å². The van der Waals surface area contributed by atoms with Gasteiger partial charge in [-0.15, -0.1) is 0 Å². The van der Waals surface area contributed by atoms with Gasteiger partial charge in [-0.05, 0) is 31.9 Å². The number of carbonyl (C=O) groups is 2. The maximum absolute atomic E-state index is 12.5. The van der Waals surface area contributed by atoms with E-state index in [1.165, 1.54) is 30.0 Å². The molecule has 0 aromatic heterocycles. The van der Waals surface area contributed by atoms with Gasteiger partial charge in [-0.2, -0.15) is 0 Å². The molecule has 0 spiro atoms. The quantitative estimate of drug-likeness (QED) is 0.654. The molecule has 1 fully saturated rings. The Balaban J connectivity index is 2.41. The average molecular weight is 321 g/mol. The predicted octanol–water partition coefficient (Wildman–Crippen LogP) is 1.74. The van der Waals surface area contributed by atoms with E-state index in [1.54, 1.807) is 11.9 Å². The molecule has 1 amide bonds. The number of amides is 1. The summed E-state index contributed by atoms with van der Waals surface area (Å²) < 4.78 is 0. The number of carboxylic acids is 1. The molecule has 1 saturated heterocycles. The van der Waals surface area contributed by atoms with E-state index in [1.807, 2.05) is 0 Å². The number of hydrogen-bond acceptors (Lipinski definition) is 5. The summed E-state index contributed by atoms with van der Waals surface area (Å²) in [6, 6.07) is 3.30. The Labute approximate surface area is 133 Å². The second-order valence-corrected chi connectivity index (χ2v) is 5.58. The Morgan fingerprint density at radius 2 is 1.96 bits per heavy atom. The third-order valence-electron chi connectivity index (χ3n) is 4.15. The zero-order valence-corrected chi connectivity index (χ0v) is 13.1. The Morgan fingerprint density at radius 1 is 1.35 bits per heavy atom. The molecule has 0 radical (unpaired) electrons. The van der Waals surface area contributed by atoms with Crippen LogP contribution in [0.3, 0.4) is 0 Å². The number of carbonyl (C=O) groups excluding carboxylic acids is 1. The van der Waals surface area contributed by atoms with Gasteiger partial charge in [0.15, 0.2) is 0 Å². The SMILES string of the molecule is CC(C(=O)O)N(C)c1ccc([N+](=O)[O-])c(C(=O)N2CCCC2)c1. The van der Waals surface area contributed by atoms with Crippen LogP contribution in [0.25, 0.3) is 0 Å². The van der Waals surface area contributed by atoms with Crippen LogP contribution >= 0.6 is 0 Å². The number of nitro benzene ring substituents is 1. The lowest BCUT2D eigenvalue weighted by Crippen LogP contribution is -2.36. The highest BCUT2D eigenvalue weighted by atomic mass is 16.6. The van der Waals surface area contributed by atoms with Crippen molar-refractivity contribution in [1.82, 2.24) is 4.90 Å². The molecular formula is C15H19N3O5. The Morgan fingerprint density at radius 3 is 2.48 bits per heavy atom. The molecule has 124 valence electrons. The lowest BCUT2D eigenvalue weighted by atomic mass is 10.1. The largest absolute Gasteiger partial charge is 0.480 e. The molecule has 1 unspecified atom stereocenters. The lowest BCUT2D eigenvalue weighted by molar-refractivity contribution is -0.385. The van der Waals surface area contributed by atoms with Crippen LogP contribution in [0.15, 0.2) is 18.2 Å². The number of likely N-dealkylation sites (N-methyl/N-ethyl adjacent to an activating group) is 1. The van der Waals surface area contributed by atoms with E-state index < -0.39 is 16.9 Å². The number of anilines is 1. The second kappa shape index (κ2) is 6.64. The van der Waals surface area contributed by atoms with Crippen LogP contribution < -0.4 is 4.90 Å². The van der Waals surface area contributed by atoms with Crippen LogP contribution in [0.2, 0.25) is 0 Å². The summed E-state index contributed by atoms with van der Waals surface area (Å²) in [5.41, 5.74) is 0.189. The van der Waals surface area contributed by atoms with Gasteiger partial charge in [0.1, 0.15) is 11.6 Å². The van der Waals surface area contributed by atoms with Gasteiger partial charge in [-0.25, -0.2) is 4.79 Å². The average Bonchev–Trinajstić information content (AvgIpc) is 3.06. The molecule has 1 aromatic carbocycles. The van der Waals surface area contributed by atoms with Crippen molar-refractivity contribution in [3.8, 4) is 0 Å². The Bertz CT molecular complexity index is 640. The summed E-state index contributed by atoms with van der Waals surface area (Å²) in [7, 11) is 1.57. The minimum atomic E-state index is -1.02. The maximum Gasteiger partial charge on any atom is 0.326 e. The van der Waals surface area contributed by atoms with Crippen molar-refractivity contribution in [2.24, 2.45) is 0 Å². The monoisotopic (exact) mass is 321 g/mol. The molecule has 2 rings (SSSR count).